The van der Waals surface area contributed by atoms with Gasteiger partial charge in [0.25, 0.3) is 15.9 Å². The van der Waals surface area contributed by atoms with E-state index in [1.165, 1.54) is 24.3 Å². The van der Waals surface area contributed by atoms with Crippen LogP contribution in [0.15, 0.2) is 77.7 Å². The number of carbonyl (C=O) groups is 1. The first-order valence-electron chi connectivity index (χ1n) is 10.0. The number of methoxy groups -OCH3 is 1. The Morgan fingerprint density at radius 2 is 1.56 bits per heavy atom. The van der Waals surface area contributed by atoms with Crippen LogP contribution in [-0.2, 0) is 14.8 Å². The minimum Gasteiger partial charge on any atom is -0.497 e. The van der Waals surface area contributed by atoms with E-state index in [-0.39, 0.29) is 23.5 Å². The second-order valence-corrected chi connectivity index (χ2v) is 8.93. The maximum absolute atomic E-state index is 12.6. The van der Waals surface area contributed by atoms with Gasteiger partial charge in [0.15, 0.2) is 6.61 Å². The van der Waals surface area contributed by atoms with E-state index < -0.39 is 10.0 Å². The lowest BCUT2D eigenvalue weighted by molar-refractivity contribution is -0.123. The van der Waals surface area contributed by atoms with Gasteiger partial charge in [-0.3, -0.25) is 9.52 Å². The Hall–Kier alpha value is -3.52. The molecule has 0 aliphatic heterocycles. The Morgan fingerprint density at radius 1 is 0.938 bits per heavy atom. The van der Waals surface area contributed by atoms with E-state index in [4.69, 9.17) is 9.47 Å². The topological polar surface area (TPSA) is 93.7 Å². The Bertz CT molecular complexity index is 1160. The normalized spacial score (nSPS) is 12.0. The monoisotopic (exact) mass is 454 g/mol. The van der Waals surface area contributed by atoms with Crippen LogP contribution in [0.4, 0.5) is 5.69 Å². The number of sulfonamides is 1. The maximum atomic E-state index is 12.6. The summed E-state index contributed by atoms with van der Waals surface area (Å²) in [6.07, 6.45) is 0. The van der Waals surface area contributed by atoms with E-state index >= 15 is 0 Å². The van der Waals surface area contributed by atoms with Gasteiger partial charge in [-0.1, -0.05) is 30.3 Å². The molecule has 8 heteroatoms. The molecule has 0 heterocycles. The number of rotatable bonds is 9. The summed E-state index contributed by atoms with van der Waals surface area (Å²) < 4.78 is 38.4. The van der Waals surface area contributed by atoms with Crippen molar-refractivity contribution in [3.8, 4) is 11.5 Å². The predicted molar refractivity (Wildman–Crippen MR) is 123 cm³/mol. The van der Waals surface area contributed by atoms with Crippen molar-refractivity contribution in [2.75, 3.05) is 18.4 Å². The molecular formula is C24H26N2O5S. The molecule has 0 bridgehead atoms. The quantitative estimate of drug-likeness (QED) is 0.509. The Balaban J connectivity index is 1.54. The number of ether oxygens (including phenoxy) is 2. The van der Waals surface area contributed by atoms with Gasteiger partial charge in [0.1, 0.15) is 11.5 Å². The number of aryl methyl sites for hydroxylation is 1. The largest absolute Gasteiger partial charge is 0.497 e. The highest BCUT2D eigenvalue weighted by molar-refractivity contribution is 7.92. The van der Waals surface area contributed by atoms with Gasteiger partial charge in [-0.05, 0) is 67.4 Å². The first-order valence-corrected chi connectivity index (χ1v) is 11.5. The maximum Gasteiger partial charge on any atom is 0.261 e. The zero-order valence-electron chi connectivity index (χ0n) is 18.2. The molecule has 0 aliphatic rings. The third-order valence-electron chi connectivity index (χ3n) is 4.89. The van der Waals surface area contributed by atoms with Crippen LogP contribution in [0.2, 0.25) is 0 Å². The molecule has 1 amide bonds. The number of para-hydroxylation sites is 1. The highest BCUT2D eigenvalue weighted by Crippen LogP contribution is 2.21. The van der Waals surface area contributed by atoms with E-state index in [9.17, 15) is 13.2 Å². The van der Waals surface area contributed by atoms with Crippen molar-refractivity contribution in [3.63, 3.8) is 0 Å². The van der Waals surface area contributed by atoms with E-state index in [0.29, 0.717) is 11.4 Å². The average molecular weight is 455 g/mol. The molecule has 1 atom stereocenters. The fourth-order valence-corrected chi connectivity index (χ4v) is 4.14. The molecule has 3 aromatic carbocycles. The van der Waals surface area contributed by atoms with Crippen molar-refractivity contribution in [1.82, 2.24) is 5.32 Å². The minimum absolute atomic E-state index is 0.102. The molecule has 7 nitrogen and oxygen atoms in total. The van der Waals surface area contributed by atoms with Crippen LogP contribution < -0.4 is 19.5 Å². The molecular weight excluding hydrogens is 428 g/mol. The summed E-state index contributed by atoms with van der Waals surface area (Å²) in [5, 5.41) is 2.86. The lowest BCUT2D eigenvalue weighted by atomic mass is 10.1. The fourth-order valence-electron chi connectivity index (χ4n) is 3.01. The number of nitrogens with one attached hydrogen (secondary N) is 2. The van der Waals surface area contributed by atoms with Gasteiger partial charge in [-0.15, -0.1) is 0 Å². The molecule has 0 aromatic heterocycles. The summed E-state index contributed by atoms with van der Waals surface area (Å²) in [7, 11) is -2.13. The highest BCUT2D eigenvalue weighted by atomic mass is 32.2. The summed E-state index contributed by atoms with van der Waals surface area (Å²) in [5.74, 6) is 0.855. The van der Waals surface area contributed by atoms with Crippen molar-refractivity contribution in [3.05, 3.63) is 83.9 Å². The van der Waals surface area contributed by atoms with Gasteiger partial charge in [-0.2, -0.15) is 0 Å². The SMILES string of the molecule is COc1ccc([C@@H](C)NC(=O)COc2ccc(S(=O)(=O)Nc3ccccc3C)cc2)cc1. The number of hydrogen-bond donors (Lipinski definition) is 2. The zero-order valence-corrected chi connectivity index (χ0v) is 19.0. The Morgan fingerprint density at radius 3 is 2.19 bits per heavy atom. The lowest BCUT2D eigenvalue weighted by Gasteiger charge is -2.15. The molecule has 3 rings (SSSR count). The van der Waals surface area contributed by atoms with E-state index in [1.54, 1.807) is 19.2 Å². The summed E-state index contributed by atoms with van der Waals surface area (Å²) in [6, 6.07) is 20.3. The summed E-state index contributed by atoms with van der Waals surface area (Å²) in [5.41, 5.74) is 2.29. The van der Waals surface area contributed by atoms with Crippen LogP contribution in [0.1, 0.15) is 24.1 Å². The van der Waals surface area contributed by atoms with E-state index in [2.05, 4.69) is 10.0 Å². The van der Waals surface area contributed by atoms with Gasteiger partial charge in [0.2, 0.25) is 0 Å². The first kappa shape index (κ1) is 23.1. The molecule has 168 valence electrons. The Kier molecular flexibility index (Phi) is 7.37. The second-order valence-electron chi connectivity index (χ2n) is 7.24. The summed E-state index contributed by atoms with van der Waals surface area (Å²) in [4.78, 5) is 12.3. The molecule has 0 saturated heterocycles. The van der Waals surface area contributed by atoms with Gasteiger partial charge < -0.3 is 14.8 Å². The van der Waals surface area contributed by atoms with Crippen molar-refractivity contribution in [1.29, 1.82) is 0 Å². The smallest absolute Gasteiger partial charge is 0.261 e. The zero-order chi connectivity index (χ0) is 23.1. The fraction of sp³-hybridized carbons (Fsp3) is 0.208. The molecule has 0 aliphatic carbocycles. The van der Waals surface area contributed by atoms with E-state index in [0.717, 1.165) is 16.9 Å². The molecule has 0 fully saturated rings. The van der Waals surface area contributed by atoms with Gasteiger partial charge in [-0.25, -0.2) is 8.42 Å². The summed E-state index contributed by atoms with van der Waals surface area (Å²) in [6.45, 7) is 3.52. The van der Waals surface area contributed by atoms with E-state index in [1.807, 2.05) is 50.2 Å². The molecule has 0 saturated carbocycles. The van der Waals surface area contributed by atoms with Crippen LogP contribution in [0, 0.1) is 6.92 Å². The van der Waals surface area contributed by atoms with Crippen molar-refractivity contribution < 1.29 is 22.7 Å². The van der Waals surface area contributed by atoms with Crippen LogP contribution >= 0.6 is 0 Å². The number of anilines is 1. The Labute approximate surface area is 188 Å². The van der Waals surface area contributed by atoms with Crippen LogP contribution in [0.3, 0.4) is 0 Å². The standard InChI is InChI=1S/C24H26N2O5S/c1-17-6-4-5-7-23(17)26-32(28,29)22-14-12-21(13-15-22)31-16-24(27)25-18(2)19-8-10-20(30-3)11-9-19/h4-15,18,26H,16H2,1-3H3,(H,25,27)/t18-/m1/s1. The molecule has 32 heavy (non-hydrogen) atoms. The predicted octanol–water partition coefficient (Wildman–Crippen LogP) is 4.06. The number of carbonyl (C=O) groups excluding carboxylic acids is 1. The third-order valence-corrected chi connectivity index (χ3v) is 6.27. The number of benzene rings is 3. The summed E-state index contributed by atoms with van der Waals surface area (Å²) >= 11 is 0. The third kappa shape index (κ3) is 6.01. The van der Waals surface area contributed by atoms with Crippen LogP contribution in [-0.4, -0.2) is 28.0 Å². The molecule has 2 N–H and O–H groups in total. The van der Waals surface area contributed by atoms with Crippen molar-refractivity contribution in [2.24, 2.45) is 0 Å². The van der Waals surface area contributed by atoms with Crippen molar-refractivity contribution in [2.45, 2.75) is 24.8 Å². The van der Waals surface area contributed by atoms with Gasteiger partial charge in [0.05, 0.1) is 23.7 Å². The molecule has 0 spiro atoms. The number of amides is 1. The molecule has 0 radical (unpaired) electrons. The van der Waals surface area contributed by atoms with Gasteiger partial charge in [0, 0.05) is 0 Å². The average Bonchev–Trinajstić information content (AvgIpc) is 2.79. The van der Waals surface area contributed by atoms with Crippen LogP contribution in [0.25, 0.3) is 0 Å². The molecule has 3 aromatic rings. The molecule has 0 unspecified atom stereocenters. The first-order chi connectivity index (χ1) is 15.3. The second kappa shape index (κ2) is 10.2. The lowest BCUT2D eigenvalue weighted by Crippen LogP contribution is -2.31. The highest BCUT2D eigenvalue weighted by Gasteiger charge is 2.16. The number of hydrogen-bond acceptors (Lipinski definition) is 5. The van der Waals surface area contributed by atoms with Crippen LogP contribution in [0.5, 0.6) is 11.5 Å². The minimum atomic E-state index is -3.73. The van der Waals surface area contributed by atoms with Gasteiger partial charge >= 0.3 is 0 Å². The van der Waals surface area contributed by atoms with Crippen molar-refractivity contribution >= 4 is 21.6 Å².